The molecule has 3 aromatic carbocycles. The van der Waals surface area contributed by atoms with Crippen molar-refractivity contribution >= 4 is 59.9 Å². The van der Waals surface area contributed by atoms with Crippen molar-refractivity contribution in [1.82, 2.24) is 0 Å². The first-order valence-electron chi connectivity index (χ1n) is 16.1. The summed E-state index contributed by atoms with van der Waals surface area (Å²) in [5.74, 6) is 3.20. The van der Waals surface area contributed by atoms with Crippen LogP contribution < -0.4 is 5.19 Å². The Morgan fingerprint density at radius 1 is 0.476 bits per heavy atom. The molecular formula is C36H61GeSi5. The van der Waals surface area contributed by atoms with Gasteiger partial charge in [0.25, 0.3) is 0 Å². The predicted octanol–water partition coefficient (Wildman–Crippen LogP) is 11.1. The van der Waals surface area contributed by atoms with Gasteiger partial charge in [0.1, 0.15) is 0 Å². The van der Waals surface area contributed by atoms with E-state index in [1.165, 1.54) is 16.7 Å². The van der Waals surface area contributed by atoms with Gasteiger partial charge in [0.05, 0.1) is 0 Å². The topological polar surface area (TPSA) is 0 Å². The molecule has 3 aromatic rings. The molecule has 1 unspecified atom stereocenters. The Bertz CT molecular complexity index is 1220. The molecule has 229 valence electrons. The molecular weight excluding hydrogens is 645 g/mol. The molecule has 42 heavy (non-hydrogen) atoms. The first-order valence-corrected chi connectivity index (χ1v) is 37.6. The van der Waals surface area contributed by atoms with Crippen molar-refractivity contribution in [2.24, 2.45) is 0 Å². The third-order valence-electron chi connectivity index (χ3n) is 10.2. The number of hydrogen-bond acceptors (Lipinski definition) is 0. The Labute approximate surface area is 270 Å². The molecule has 3 rings (SSSR count). The molecule has 0 aromatic heterocycles. The Morgan fingerprint density at radius 3 is 1.12 bits per heavy atom. The third kappa shape index (κ3) is 6.76. The molecule has 0 saturated carbocycles. The van der Waals surface area contributed by atoms with Gasteiger partial charge in [-0.05, 0) is 0 Å². The summed E-state index contributed by atoms with van der Waals surface area (Å²) in [6.07, 6.45) is 0. The van der Waals surface area contributed by atoms with Gasteiger partial charge in [-0.15, -0.1) is 0 Å². The van der Waals surface area contributed by atoms with E-state index in [1.54, 1.807) is 5.19 Å². The number of hydrogen-bond donors (Lipinski definition) is 0. The van der Waals surface area contributed by atoms with Crippen molar-refractivity contribution in [2.45, 2.75) is 110 Å². The fraction of sp³-hybridized carbons (Fsp3) is 0.500. The van der Waals surface area contributed by atoms with Crippen molar-refractivity contribution in [3.63, 3.8) is 0 Å². The van der Waals surface area contributed by atoms with Crippen LogP contribution in [-0.2, 0) is 0 Å². The van der Waals surface area contributed by atoms with Crippen LogP contribution in [0.25, 0.3) is 0 Å². The maximum atomic E-state index is 2.93. The molecule has 0 amide bonds. The second-order valence-electron chi connectivity index (χ2n) is 17.6. The molecule has 0 bridgehead atoms. The molecule has 0 heterocycles. The van der Waals surface area contributed by atoms with Gasteiger partial charge in [0.2, 0.25) is 0 Å². The second kappa shape index (κ2) is 12.6. The maximum absolute atomic E-state index is 2.93. The monoisotopic (exact) mass is 707 g/mol. The Kier molecular flexibility index (Phi) is 10.7. The van der Waals surface area contributed by atoms with Gasteiger partial charge in [-0.1, -0.05) is 0 Å². The Morgan fingerprint density at radius 2 is 0.810 bits per heavy atom. The van der Waals surface area contributed by atoms with Gasteiger partial charge in [0, 0.05) is 0 Å². The minimum atomic E-state index is -1.77. The molecule has 1 atom stereocenters. The number of benzene rings is 3. The van der Waals surface area contributed by atoms with Gasteiger partial charge in [0.15, 0.2) is 0 Å². The van der Waals surface area contributed by atoms with E-state index in [0.29, 0.717) is 0 Å². The zero-order chi connectivity index (χ0) is 31.9. The van der Waals surface area contributed by atoms with Crippen LogP contribution in [0.4, 0.5) is 0 Å². The number of rotatable bonds is 11. The molecule has 0 nitrogen and oxygen atoms in total. The van der Waals surface area contributed by atoms with Gasteiger partial charge < -0.3 is 0 Å². The van der Waals surface area contributed by atoms with Gasteiger partial charge >= 0.3 is 272 Å². The van der Waals surface area contributed by atoms with Gasteiger partial charge in [-0.3, -0.25) is 0 Å². The summed E-state index contributed by atoms with van der Waals surface area (Å²) in [4.78, 5) is 0. The summed E-state index contributed by atoms with van der Waals surface area (Å²) in [5.41, 5.74) is 4.17. The zero-order valence-corrected chi connectivity index (χ0v) is 36.8. The van der Waals surface area contributed by atoms with E-state index >= 15 is 0 Å². The van der Waals surface area contributed by atoms with Crippen molar-refractivity contribution in [3.8, 4) is 0 Å². The van der Waals surface area contributed by atoms with Crippen LogP contribution in [0.5, 0.6) is 0 Å². The van der Waals surface area contributed by atoms with Crippen molar-refractivity contribution in [3.05, 3.63) is 102 Å². The van der Waals surface area contributed by atoms with Crippen LogP contribution in [0.1, 0.15) is 22.6 Å². The Balaban J connectivity index is 2.19. The fourth-order valence-corrected chi connectivity index (χ4v) is 103. The van der Waals surface area contributed by atoms with Gasteiger partial charge in [-0.2, -0.15) is 0 Å². The van der Waals surface area contributed by atoms with Crippen LogP contribution in [0, 0.1) is 0 Å². The molecule has 0 aliphatic heterocycles. The standard InChI is InChI=1S/C36H61GeSi5/c1-37(36(39(5,6)7,40(8,9)10)41(11,12)13)35(38(2,3)4)42(14,15)33-28-26-32(27-29-33)34(30-22-18-16-19-23-30)31-24-20-17-21-25-31/h16-29,34-35H,1-15H3. The average molecular weight is 707 g/mol. The molecule has 1 radical (unpaired) electrons. The van der Waals surface area contributed by atoms with E-state index in [1.807, 2.05) is 0 Å². The predicted molar refractivity (Wildman–Crippen MR) is 209 cm³/mol. The molecule has 0 spiro atoms. The van der Waals surface area contributed by atoms with Crippen LogP contribution in [0.15, 0.2) is 84.9 Å². The van der Waals surface area contributed by atoms with Crippen LogP contribution in [0.3, 0.4) is 0 Å². The SMILES string of the molecule is [CH3][Ge]([CH]([Si](C)(C)C)[Si](C)(C)c1ccc(C(c2ccccc2)c2ccccc2)cc1)[C]([Si](C)(C)C)([Si](C)(C)C)[Si](C)(C)C. The van der Waals surface area contributed by atoms with E-state index < -0.39 is 54.7 Å². The van der Waals surface area contributed by atoms with E-state index in [0.717, 1.165) is 7.11 Å². The molecule has 6 heteroatoms. The van der Waals surface area contributed by atoms with E-state index in [-0.39, 0.29) is 5.92 Å². The third-order valence-corrected chi connectivity index (χ3v) is 79.4. The summed E-state index contributed by atoms with van der Waals surface area (Å²) >= 11 is -1.58. The van der Waals surface area contributed by atoms with Crippen LogP contribution >= 0.6 is 0 Å². The summed E-state index contributed by atoms with van der Waals surface area (Å²) in [7, 11) is -7.57. The van der Waals surface area contributed by atoms with Crippen molar-refractivity contribution < 1.29 is 0 Å². The van der Waals surface area contributed by atoms with Crippen molar-refractivity contribution in [2.75, 3.05) is 0 Å². The molecule has 0 aliphatic rings. The first-order chi connectivity index (χ1) is 19.1. The van der Waals surface area contributed by atoms with E-state index in [4.69, 9.17) is 0 Å². The summed E-state index contributed by atoms with van der Waals surface area (Å²) < 4.78 is 1.73. The molecule has 0 aliphatic carbocycles. The minimum absolute atomic E-state index is 0.271. The van der Waals surface area contributed by atoms with Crippen molar-refractivity contribution in [1.29, 1.82) is 0 Å². The molecule has 0 saturated heterocycles. The first kappa shape index (κ1) is 35.8. The second-order valence-corrected chi connectivity index (χ2v) is 56.5. The quantitative estimate of drug-likeness (QED) is 0.138. The van der Waals surface area contributed by atoms with Crippen LogP contribution in [0.2, 0.25) is 105 Å². The van der Waals surface area contributed by atoms with E-state index in [9.17, 15) is 0 Å². The summed E-state index contributed by atoms with van der Waals surface area (Å²) in [6, 6.07) is 32.3. The normalized spacial score (nSPS) is 14.9. The zero-order valence-electron chi connectivity index (χ0n) is 29.7. The Hall–Kier alpha value is -0.713. The molecule has 0 N–H and O–H groups in total. The van der Waals surface area contributed by atoms with E-state index in [2.05, 4.69) is 182 Å². The summed E-state index contributed by atoms with van der Waals surface area (Å²) in [5, 5.41) is 1.70. The van der Waals surface area contributed by atoms with Crippen LogP contribution in [-0.4, -0.2) is 54.7 Å². The average Bonchev–Trinajstić information content (AvgIpc) is 2.82. The molecule has 0 fully saturated rings. The fourth-order valence-electron chi connectivity index (χ4n) is 10.8. The summed E-state index contributed by atoms with van der Waals surface area (Å²) in [6.45, 7) is 38.7. The van der Waals surface area contributed by atoms with Gasteiger partial charge in [-0.25, -0.2) is 0 Å².